The minimum atomic E-state index is -0.200. The Kier molecular flexibility index (Phi) is 4.57. The third-order valence-corrected chi connectivity index (χ3v) is 5.22. The van der Waals surface area contributed by atoms with Crippen LogP contribution in [0.1, 0.15) is 37.8 Å². The molecular formula is C17H26FN3. The Labute approximate surface area is 126 Å². The highest BCUT2D eigenvalue weighted by atomic mass is 19.1. The molecule has 0 spiro atoms. The lowest BCUT2D eigenvalue weighted by Crippen LogP contribution is -2.58. The van der Waals surface area contributed by atoms with E-state index in [1.54, 1.807) is 0 Å². The smallest absolute Gasteiger partial charge is 0.123 e. The molecule has 2 aliphatic heterocycles. The van der Waals surface area contributed by atoms with Crippen LogP contribution in [0.15, 0.2) is 24.3 Å². The molecule has 0 aromatic heterocycles. The van der Waals surface area contributed by atoms with Crippen LogP contribution >= 0.6 is 0 Å². The topological polar surface area (TPSA) is 32.5 Å². The van der Waals surface area contributed by atoms with Crippen molar-refractivity contribution in [2.75, 3.05) is 26.2 Å². The summed E-state index contributed by atoms with van der Waals surface area (Å²) in [6.07, 6.45) is 4.02. The zero-order chi connectivity index (χ0) is 14.8. The highest BCUT2D eigenvalue weighted by Crippen LogP contribution is 2.25. The zero-order valence-corrected chi connectivity index (χ0v) is 12.8. The minimum absolute atomic E-state index is 0.0549. The maximum atomic E-state index is 13.0. The average molecular weight is 291 g/mol. The second-order valence-corrected chi connectivity index (χ2v) is 6.50. The van der Waals surface area contributed by atoms with Gasteiger partial charge in [-0.25, -0.2) is 4.39 Å². The largest absolute Gasteiger partial charge is 0.323 e. The van der Waals surface area contributed by atoms with Crippen molar-refractivity contribution in [2.24, 2.45) is 5.73 Å². The maximum Gasteiger partial charge on any atom is 0.123 e. The van der Waals surface area contributed by atoms with E-state index in [2.05, 4.69) is 16.7 Å². The van der Waals surface area contributed by atoms with Crippen molar-refractivity contribution in [3.63, 3.8) is 0 Å². The molecule has 0 aliphatic carbocycles. The van der Waals surface area contributed by atoms with E-state index in [0.29, 0.717) is 12.1 Å². The zero-order valence-electron chi connectivity index (χ0n) is 12.8. The van der Waals surface area contributed by atoms with Gasteiger partial charge in [0, 0.05) is 37.8 Å². The number of piperazine rings is 1. The fourth-order valence-electron chi connectivity index (χ4n) is 3.74. The quantitative estimate of drug-likeness (QED) is 0.928. The fourth-order valence-corrected chi connectivity index (χ4v) is 3.74. The molecule has 2 fully saturated rings. The van der Waals surface area contributed by atoms with Crippen LogP contribution in [0.25, 0.3) is 0 Å². The molecule has 0 saturated carbocycles. The predicted molar refractivity (Wildman–Crippen MR) is 83.6 cm³/mol. The van der Waals surface area contributed by atoms with Crippen LogP contribution < -0.4 is 5.73 Å². The molecule has 3 unspecified atom stereocenters. The lowest BCUT2D eigenvalue weighted by atomic mass is 9.95. The number of fused-ring (bicyclic) bond motifs is 1. The second-order valence-electron chi connectivity index (χ2n) is 6.50. The molecule has 2 aliphatic rings. The molecule has 0 bridgehead atoms. The summed E-state index contributed by atoms with van der Waals surface area (Å²) in [7, 11) is 0. The first-order valence-electron chi connectivity index (χ1n) is 8.14. The summed E-state index contributed by atoms with van der Waals surface area (Å²) in [6.45, 7) is 6.83. The SMILES string of the molecule is CC(C(N)c1ccc(F)cc1)N1CCN2CCCCC2C1. The fraction of sp³-hybridized carbons (Fsp3) is 0.647. The molecule has 2 N–H and O–H groups in total. The molecule has 4 heteroatoms. The third-order valence-electron chi connectivity index (χ3n) is 5.22. The lowest BCUT2D eigenvalue weighted by molar-refractivity contribution is 0.0254. The van der Waals surface area contributed by atoms with E-state index >= 15 is 0 Å². The first kappa shape index (κ1) is 14.9. The summed E-state index contributed by atoms with van der Waals surface area (Å²) in [4.78, 5) is 5.15. The Hall–Kier alpha value is -0.970. The van der Waals surface area contributed by atoms with Crippen LogP contribution in [-0.2, 0) is 0 Å². The van der Waals surface area contributed by atoms with Gasteiger partial charge in [-0.3, -0.25) is 9.80 Å². The Morgan fingerprint density at radius 1 is 1.14 bits per heavy atom. The summed E-state index contributed by atoms with van der Waals surface area (Å²) in [6, 6.07) is 7.57. The van der Waals surface area contributed by atoms with Crippen molar-refractivity contribution >= 4 is 0 Å². The van der Waals surface area contributed by atoms with Crippen LogP contribution in [0.4, 0.5) is 4.39 Å². The van der Waals surface area contributed by atoms with Gasteiger partial charge in [-0.15, -0.1) is 0 Å². The summed E-state index contributed by atoms with van der Waals surface area (Å²) < 4.78 is 13.0. The predicted octanol–water partition coefficient (Wildman–Crippen LogP) is 2.38. The van der Waals surface area contributed by atoms with Gasteiger partial charge in [-0.05, 0) is 44.0 Å². The molecule has 1 aromatic rings. The molecule has 2 heterocycles. The summed E-state index contributed by atoms with van der Waals surface area (Å²) >= 11 is 0. The van der Waals surface area contributed by atoms with Gasteiger partial charge in [0.25, 0.3) is 0 Å². The molecule has 116 valence electrons. The Morgan fingerprint density at radius 2 is 1.90 bits per heavy atom. The molecule has 0 amide bonds. The van der Waals surface area contributed by atoms with Crippen molar-refractivity contribution in [3.05, 3.63) is 35.6 Å². The van der Waals surface area contributed by atoms with Gasteiger partial charge < -0.3 is 5.73 Å². The highest BCUT2D eigenvalue weighted by molar-refractivity contribution is 5.21. The van der Waals surface area contributed by atoms with E-state index in [-0.39, 0.29) is 11.9 Å². The molecule has 3 nitrogen and oxygen atoms in total. The van der Waals surface area contributed by atoms with Crippen molar-refractivity contribution in [2.45, 2.75) is 44.3 Å². The minimum Gasteiger partial charge on any atom is -0.323 e. The van der Waals surface area contributed by atoms with Crippen molar-refractivity contribution in [1.29, 1.82) is 0 Å². The number of hydrogen-bond acceptors (Lipinski definition) is 3. The molecule has 1 aromatic carbocycles. The first-order chi connectivity index (χ1) is 10.1. The van der Waals surface area contributed by atoms with Crippen LogP contribution in [0, 0.1) is 5.82 Å². The second kappa shape index (κ2) is 6.42. The third kappa shape index (κ3) is 3.28. The molecule has 2 saturated heterocycles. The summed E-state index contributed by atoms with van der Waals surface area (Å²) in [5.74, 6) is -0.200. The van der Waals surface area contributed by atoms with E-state index in [4.69, 9.17) is 5.73 Å². The maximum absolute atomic E-state index is 13.0. The monoisotopic (exact) mass is 291 g/mol. The normalized spacial score (nSPS) is 27.1. The Bertz CT molecular complexity index is 462. The van der Waals surface area contributed by atoms with Crippen LogP contribution in [0.5, 0.6) is 0 Å². The number of nitrogens with two attached hydrogens (primary N) is 1. The van der Waals surface area contributed by atoms with Gasteiger partial charge in [0.05, 0.1) is 0 Å². The number of halogens is 1. The van der Waals surface area contributed by atoms with E-state index in [0.717, 1.165) is 25.2 Å². The van der Waals surface area contributed by atoms with E-state index in [1.165, 1.54) is 37.9 Å². The van der Waals surface area contributed by atoms with Gasteiger partial charge in [-0.1, -0.05) is 18.6 Å². The number of piperidine rings is 1. The number of rotatable bonds is 3. The van der Waals surface area contributed by atoms with Crippen molar-refractivity contribution in [3.8, 4) is 0 Å². The summed E-state index contributed by atoms with van der Waals surface area (Å²) in [5, 5.41) is 0. The average Bonchev–Trinajstić information content (AvgIpc) is 2.54. The van der Waals surface area contributed by atoms with Gasteiger partial charge in [0.1, 0.15) is 5.82 Å². The van der Waals surface area contributed by atoms with E-state index in [1.807, 2.05) is 12.1 Å². The van der Waals surface area contributed by atoms with Gasteiger partial charge in [-0.2, -0.15) is 0 Å². The number of hydrogen-bond donors (Lipinski definition) is 1. The molecule has 0 radical (unpaired) electrons. The van der Waals surface area contributed by atoms with Gasteiger partial charge in [0.15, 0.2) is 0 Å². The lowest BCUT2D eigenvalue weighted by Gasteiger charge is -2.47. The van der Waals surface area contributed by atoms with Crippen LogP contribution in [-0.4, -0.2) is 48.1 Å². The van der Waals surface area contributed by atoms with Gasteiger partial charge in [0.2, 0.25) is 0 Å². The first-order valence-corrected chi connectivity index (χ1v) is 8.14. The van der Waals surface area contributed by atoms with Crippen LogP contribution in [0.3, 0.4) is 0 Å². The highest BCUT2D eigenvalue weighted by Gasteiger charge is 2.32. The van der Waals surface area contributed by atoms with Gasteiger partial charge >= 0.3 is 0 Å². The Balaban J connectivity index is 1.64. The number of benzene rings is 1. The van der Waals surface area contributed by atoms with Crippen LogP contribution in [0.2, 0.25) is 0 Å². The molecule has 21 heavy (non-hydrogen) atoms. The summed E-state index contributed by atoms with van der Waals surface area (Å²) in [5.41, 5.74) is 7.43. The van der Waals surface area contributed by atoms with Crippen molar-refractivity contribution < 1.29 is 4.39 Å². The molecule has 3 atom stereocenters. The Morgan fingerprint density at radius 3 is 2.67 bits per heavy atom. The molecule has 3 rings (SSSR count). The van der Waals surface area contributed by atoms with Crippen molar-refractivity contribution in [1.82, 2.24) is 9.80 Å². The number of nitrogens with zero attached hydrogens (tertiary/aromatic N) is 2. The standard InChI is InChI=1S/C17H26FN3/c1-13(17(19)14-5-7-15(18)8-6-14)21-11-10-20-9-3-2-4-16(20)12-21/h5-8,13,16-17H,2-4,9-12,19H2,1H3. The molecular weight excluding hydrogens is 265 g/mol. The van der Waals surface area contributed by atoms with E-state index < -0.39 is 0 Å². The van der Waals surface area contributed by atoms with E-state index in [9.17, 15) is 4.39 Å².